The van der Waals surface area contributed by atoms with Crippen LogP contribution in [0.1, 0.15) is 47.2 Å². The van der Waals surface area contributed by atoms with E-state index in [1.807, 2.05) is 24.5 Å². The molecule has 1 unspecified atom stereocenters. The van der Waals surface area contributed by atoms with E-state index in [0.717, 1.165) is 103 Å². The predicted octanol–water partition coefficient (Wildman–Crippen LogP) is 5.35. The molecule has 3 aromatic carbocycles. The van der Waals surface area contributed by atoms with Crippen LogP contribution in [0.4, 0.5) is 28.7 Å². The van der Waals surface area contributed by atoms with Gasteiger partial charge in [0.25, 0.3) is 5.91 Å². The third kappa shape index (κ3) is 7.37. The second kappa shape index (κ2) is 15.5. The molecule has 14 nitrogen and oxygen atoms in total. The molecular formula is C45H48N10O4. The van der Waals surface area contributed by atoms with Gasteiger partial charge in [0.15, 0.2) is 0 Å². The number of aromatic nitrogens is 3. The van der Waals surface area contributed by atoms with Crippen LogP contribution >= 0.6 is 0 Å². The van der Waals surface area contributed by atoms with E-state index < -0.39 is 6.04 Å². The summed E-state index contributed by atoms with van der Waals surface area (Å²) >= 11 is 0. The number of hydrogen-bond acceptors (Lipinski definition) is 12. The Kier molecular flexibility index (Phi) is 9.71. The van der Waals surface area contributed by atoms with Gasteiger partial charge < -0.3 is 30.1 Å². The van der Waals surface area contributed by atoms with Crippen molar-refractivity contribution in [1.82, 2.24) is 30.1 Å². The van der Waals surface area contributed by atoms with Crippen LogP contribution in [0.25, 0.3) is 22.0 Å². The van der Waals surface area contributed by atoms with E-state index in [2.05, 4.69) is 96.1 Å². The topological polar surface area (TPSA) is 148 Å². The Labute approximate surface area is 343 Å². The number of piperidine rings is 2. The average Bonchev–Trinajstić information content (AvgIpc) is 3.59. The fourth-order valence-corrected chi connectivity index (χ4v) is 9.33. The second-order valence-electron chi connectivity index (χ2n) is 16.4. The number of imide groups is 1. The molecule has 2 aromatic heterocycles. The summed E-state index contributed by atoms with van der Waals surface area (Å²) in [5.41, 5.74) is 9.94. The molecule has 3 fully saturated rings. The Bertz CT molecular complexity index is 2440. The van der Waals surface area contributed by atoms with E-state index in [1.165, 1.54) is 18.5 Å². The number of nitrogens with one attached hydrogen (secondary N) is 3. The Morgan fingerprint density at radius 2 is 1.63 bits per heavy atom. The van der Waals surface area contributed by atoms with Crippen molar-refractivity contribution in [2.24, 2.45) is 5.92 Å². The summed E-state index contributed by atoms with van der Waals surface area (Å²) in [5.74, 6) is 1.11. The van der Waals surface area contributed by atoms with Crippen LogP contribution in [-0.4, -0.2) is 107 Å². The molecule has 3 N–H and O–H groups in total. The Morgan fingerprint density at radius 3 is 2.44 bits per heavy atom. The first-order chi connectivity index (χ1) is 28.8. The highest BCUT2D eigenvalue weighted by atomic mass is 16.5. The van der Waals surface area contributed by atoms with Crippen LogP contribution in [0.2, 0.25) is 0 Å². The molecule has 5 aliphatic rings. The Hall–Kier alpha value is -6.28. The third-order valence-corrected chi connectivity index (χ3v) is 12.7. The quantitative estimate of drug-likeness (QED) is 0.174. The minimum Gasteiger partial charge on any atom is -0.474 e. The maximum atomic E-state index is 13.2. The summed E-state index contributed by atoms with van der Waals surface area (Å²) in [5, 5.41) is 10.2. The zero-order valence-electron chi connectivity index (χ0n) is 33.2. The summed E-state index contributed by atoms with van der Waals surface area (Å²) in [7, 11) is 0. The zero-order chi connectivity index (χ0) is 40.0. The molecular weight excluding hydrogens is 745 g/mol. The minimum atomic E-state index is -0.591. The first-order valence-electron chi connectivity index (χ1n) is 20.8. The maximum absolute atomic E-state index is 13.2. The van der Waals surface area contributed by atoms with E-state index in [1.54, 1.807) is 4.90 Å². The normalized spacial score (nSPS) is 19.9. The van der Waals surface area contributed by atoms with E-state index in [0.29, 0.717) is 42.9 Å². The molecule has 5 aromatic rings. The van der Waals surface area contributed by atoms with Crippen molar-refractivity contribution in [3.8, 4) is 17.0 Å². The van der Waals surface area contributed by atoms with Gasteiger partial charge in [0.05, 0.1) is 5.52 Å². The number of carbonyl (C=O) groups is 3. The van der Waals surface area contributed by atoms with Crippen LogP contribution in [0, 0.1) is 12.8 Å². The van der Waals surface area contributed by atoms with Gasteiger partial charge in [-0.05, 0) is 97.3 Å². The number of anilines is 5. The molecule has 7 heterocycles. The van der Waals surface area contributed by atoms with Gasteiger partial charge in [0, 0.05) is 111 Å². The molecule has 14 heteroatoms. The van der Waals surface area contributed by atoms with Gasteiger partial charge in [-0.2, -0.15) is 0 Å². The number of carbonyl (C=O) groups excluding carboxylic acids is 3. The standard InChI is InChI=1S/C45H48N10O4/c1-28-37(25-47-43-41(28)46-14-21-59-43)30-2-3-31-24-48-45(50-38(31)23-30)49-33-4-6-34(7-5-33)53-15-12-29(13-16-53)26-52-17-19-54(20-18-52)35-8-9-36-32(22-35)27-55(44(36)58)39-10-11-40(56)51-42(39)57/h2-9,22-25,29,39,46H,10-21,26-27H2,1H3,(H,48,49,50)(H,51,56,57). The van der Waals surface area contributed by atoms with E-state index in [-0.39, 0.29) is 24.1 Å². The molecule has 5 aliphatic heterocycles. The SMILES string of the molecule is Cc1c(-c2ccc3cnc(Nc4ccc(N5CCC(CN6CCN(c7ccc8c(c7)CN(C7CCC(=O)NC7=O)C8=O)CC6)CC5)cc4)nc3c2)cnc2c1NCCO2. The largest absolute Gasteiger partial charge is 0.474 e. The highest BCUT2D eigenvalue weighted by Crippen LogP contribution is 2.36. The second-order valence-corrected chi connectivity index (χ2v) is 16.4. The van der Waals surface area contributed by atoms with Crippen molar-refractivity contribution in [1.29, 1.82) is 0 Å². The lowest BCUT2D eigenvalue weighted by molar-refractivity contribution is -0.136. The molecule has 0 radical (unpaired) electrons. The average molecular weight is 793 g/mol. The minimum absolute atomic E-state index is 0.127. The van der Waals surface area contributed by atoms with Gasteiger partial charge in [-0.3, -0.25) is 24.6 Å². The van der Waals surface area contributed by atoms with Crippen LogP contribution in [-0.2, 0) is 16.1 Å². The maximum Gasteiger partial charge on any atom is 0.255 e. The monoisotopic (exact) mass is 792 g/mol. The number of benzene rings is 3. The molecule has 3 amide bonds. The predicted molar refractivity (Wildman–Crippen MR) is 227 cm³/mol. The first-order valence-corrected chi connectivity index (χ1v) is 20.8. The van der Waals surface area contributed by atoms with E-state index >= 15 is 0 Å². The van der Waals surface area contributed by atoms with Crippen LogP contribution in [0.15, 0.2) is 73.1 Å². The number of ether oxygens (including phenoxy) is 1. The number of amides is 3. The van der Waals surface area contributed by atoms with E-state index in [4.69, 9.17) is 9.72 Å². The first kappa shape index (κ1) is 37.0. The summed E-state index contributed by atoms with van der Waals surface area (Å²) < 4.78 is 5.72. The van der Waals surface area contributed by atoms with Crippen molar-refractivity contribution in [2.45, 2.75) is 45.2 Å². The highest BCUT2D eigenvalue weighted by Gasteiger charge is 2.39. The molecule has 0 saturated carbocycles. The molecule has 0 aliphatic carbocycles. The summed E-state index contributed by atoms with van der Waals surface area (Å²) in [4.78, 5) is 60.4. The van der Waals surface area contributed by atoms with Crippen molar-refractivity contribution in [2.75, 3.05) is 79.4 Å². The zero-order valence-corrected chi connectivity index (χ0v) is 33.2. The summed E-state index contributed by atoms with van der Waals surface area (Å²) in [6.07, 6.45) is 6.71. The van der Waals surface area contributed by atoms with Crippen LogP contribution in [0.3, 0.4) is 0 Å². The Morgan fingerprint density at radius 1 is 0.831 bits per heavy atom. The van der Waals surface area contributed by atoms with Gasteiger partial charge >= 0.3 is 0 Å². The number of hydrogen-bond donors (Lipinski definition) is 3. The van der Waals surface area contributed by atoms with Crippen molar-refractivity contribution in [3.63, 3.8) is 0 Å². The van der Waals surface area contributed by atoms with Gasteiger partial charge in [0.2, 0.25) is 23.6 Å². The summed E-state index contributed by atoms with van der Waals surface area (Å²) in [6.45, 7) is 11.0. The molecule has 0 spiro atoms. The van der Waals surface area contributed by atoms with Gasteiger partial charge in [-0.1, -0.05) is 12.1 Å². The van der Waals surface area contributed by atoms with Crippen LogP contribution < -0.4 is 30.5 Å². The lowest BCUT2D eigenvalue weighted by Crippen LogP contribution is -2.52. The lowest BCUT2D eigenvalue weighted by atomic mass is 9.95. The third-order valence-electron chi connectivity index (χ3n) is 12.7. The van der Waals surface area contributed by atoms with Crippen molar-refractivity contribution < 1.29 is 19.1 Å². The number of fused-ring (bicyclic) bond motifs is 3. The van der Waals surface area contributed by atoms with Gasteiger partial charge in [0.1, 0.15) is 18.3 Å². The molecule has 3 saturated heterocycles. The van der Waals surface area contributed by atoms with Gasteiger partial charge in [-0.25, -0.2) is 15.0 Å². The van der Waals surface area contributed by atoms with Crippen molar-refractivity contribution >= 4 is 57.3 Å². The van der Waals surface area contributed by atoms with Gasteiger partial charge in [-0.15, -0.1) is 0 Å². The number of rotatable bonds is 8. The van der Waals surface area contributed by atoms with Crippen LogP contribution in [0.5, 0.6) is 5.88 Å². The molecule has 0 bridgehead atoms. The number of pyridine rings is 1. The van der Waals surface area contributed by atoms with E-state index in [9.17, 15) is 14.4 Å². The molecule has 10 rings (SSSR count). The molecule has 1 atom stereocenters. The number of piperazine rings is 1. The fourth-order valence-electron chi connectivity index (χ4n) is 9.33. The molecule has 59 heavy (non-hydrogen) atoms. The smallest absolute Gasteiger partial charge is 0.255 e. The molecule has 302 valence electrons. The fraction of sp³-hybridized carbons (Fsp3) is 0.378. The van der Waals surface area contributed by atoms with Crippen molar-refractivity contribution in [3.05, 3.63) is 89.7 Å². The summed E-state index contributed by atoms with van der Waals surface area (Å²) in [6, 6.07) is 20.3. The lowest BCUT2D eigenvalue weighted by Gasteiger charge is -2.40. The highest BCUT2D eigenvalue weighted by molar-refractivity contribution is 6.05. The number of nitrogens with zero attached hydrogens (tertiary/aromatic N) is 7. The Balaban J connectivity index is 0.699.